The second-order valence-electron chi connectivity index (χ2n) is 6.86. The maximum Gasteiger partial charge on any atom is 0.417 e. The third-order valence-electron chi connectivity index (χ3n) is 4.62. The van der Waals surface area contributed by atoms with E-state index in [4.69, 9.17) is 17.3 Å². The van der Waals surface area contributed by atoms with E-state index in [1.165, 1.54) is 18.2 Å². The fourth-order valence-corrected chi connectivity index (χ4v) is 3.02. The number of nitrogens with zero attached hydrogens (tertiary/aromatic N) is 2. The van der Waals surface area contributed by atoms with Gasteiger partial charge in [0.15, 0.2) is 0 Å². The third kappa shape index (κ3) is 4.97. The van der Waals surface area contributed by atoms with Gasteiger partial charge in [-0.1, -0.05) is 17.7 Å². The molecule has 0 aliphatic rings. The molecule has 1 aromatic heterocycles. The first-order valence-electron chi connectivity index (χ1n) is 9.14. The van der Waals surface area contributed by atoms with Crippen molar-refractivity contribution >= 4 is 40.6 Å². The zero-order valence-corrected chi connectivity index (χ0v) is 17.6. The standard InChI is InChI=1S/C21H17ClF3N5O2/c1-10-3-4-12(7-16(10)30-20(32)17-11(2)18(26)28-9-27-17)19(31)29-13-5-6-15(22)14(8-13)21(23,24)25/h3-9H,1-2H3,(H,29,31)(H,30,32)(H2,26,27,28). The highest BCUT2D eigenvalue weighted by atomic mass is 35.5. The first-order valence-corrected chi connectivity index (χ1v) is 9.52. The number of nitrogens with one attached hydrogen (secondary N) is 2. The number of anilines is 3. The van der Waals surface area contributed by atoms with Crippen LogP contribution >= 0.6 is 11.6 Å². The van der Waals surface area contributed by atoms with Crippen LogP contribution in [-0.4, -0.2) is 21.8 Å². The van der Waals surface area contributed by atoms with Crippen LogP contribution in [0.5, 0.6) is 0 Å². The first-order chi connectivity index (χ1) is 15.0. The van der Waals surface area contributed by atoms with E-state index in [-0.39, 0.29) is 22.8 Å². The minimum Gasteiger partial charge on any atom is -0.383 e. The molecule has 0 aliphatic heterocycles. The highest BCUT2D eigenvalue weighted by Crippen LogP contribution is 2.36. The van der Waals surface area contributed by atoms with Crippen molar-refractivity contribution in [1.82, 2.24) is 9.97 Å². The molecule has 0 atom stereocenters. The van der Waals surface area contributed by atoms with E-state index in [0.717, 1.165) is 18.5 Å². The van der Waals surface area contributed by atoms with Gasteiger partial charge in [0.1, 0.15) is 17.8 Å². The van der Waals surface area contributed by atoms with Gasteiger partial charge in [-0.05, 0) is 49.7 Å². The minimum absolute atomic E-state index is 0.0765. The number of hydrogen-bond donors (Lipinski definition) is 3. The summed E-state index contributed by atoms with van der Waals surface area (Å²) >= 11 is 5.60. The lowest BCUT2D eigenvalue weighted by Crippen LogP contribution is -2.18. The summed E-state index contributed by atoms with van der Waals surface area (Å²) in [5.74, 6) is -1.06. The normalized spacial score (nSPS) is 11.2. The number of nitrogens with two attached hydrogens (primary N) is 1. The summed E-state index contributed by atoms with van der Waals surface area (Å²) in [7, 11) is 0. The van der Waals surface area contributed by atoms with Gasteiger partial charge in [0.05, 0.1) is 10.6 Å². The molecule has 2 amide bonds. The highest BCUT2D eigenvalue weighted by Gasteiger charge is 2.33. The van der Waals surface area contributed by atoms with Gasteiger partial charge < -0.3 is 16.4 Å². The van der Waals surface area contributed by atoms with Gasteiger partial charge in [-0.25, -0.2) is 9.97 Å². The maximum absolute atomic E-state index is 13.0. The van der Waals surface area contributed by atoms with Crippen LogP contribution in [-0.2, 0) is 6.18 Å². The van der Waals surface area contributed by atoms with E-state index < -0.39 is 28.6 Å². The van der Waals surface area contributed by atoms with Crippen LogP contribution < -0.4 is 16.4 Å². The lowest BCUT2D eigenvalue weighted by molar-refractivity contribution is -0.137. The van der Waals surface area contributed by atoms with Crippen LogP contribution in [0.1, 0.15) is 37.5 Å². The monoisotopic (exact) mass is 463 g/mol. The molecule has 0 spiro atoms. The summed E-state index contributed by atoms with van der Waals surface area (Å²) < 4.78 is 39.1. The Morgan fingerprint density at radius 2 is 1.72 bits per heavy atom. The number of halogens is 4. The average Bonchev–Trinajstić information content (AvgIpc) is 2.72. The Bertz CT molecular complexity index is 1210. The number of aromatic nitrogens is 2. The van der Waals surface area contributed by atoms with Crippen LogP contribution in [0.25, 0.3) is 0 Å². The van der Waals surface area contributed by atoms with Crippen molar-refractivity contribution in [3.8, 4) is 0 Å². The Morgan fingerprint density at radius 1 is 1.00 bits per heavy atom. The van der Waals surface area contributed by atoms with Crippen molar-refractivity contribution < 1.29 is 22.8 Å². The number of hydrogen-bond acceptors (Lipinski definition) is 5. The molecule has 0 fully saturated rings. The van der Waals surface area contributed by atoms with Gasteiger partial charge in [-0.3, -0.25) is 9.59 Å². The van der Waals surface area contributed by atoms with Crippen molar-refractivity contribution in [3.05, 3.63) is 75.7 Å². The van der Waals surface area contributed by atoms with E-state index in [9.17, 15) is 22.8 Å². The first kappa shape index (κ1) is 23.0. The average molecular weight is 464 g/mol. The zero-order chi connectivity index (χ0) is 23.6. The van der Waals surface area contributed by atoms with Gasteiger partial charge in [-0.2, -0.15) is 13.2 Å². The van der Waals surface area contributed by atoms with Crippen molar-refractivity contribution in [1.29, 1.82) is 0 Å². The van der Waals surface area contributed by atoms with E-state index in [1.807, 2.05) is 0 Å². The number of nitrogen functional groups attached to an aromatic ring is 1. The summed E-state index contributed by atoms with van der Waals surface area (Å²) in [4.78, 5) is 32.9. The fraction of sp³-hybridized carbons (Fsp3) is 0.143. The molecule has 3 rings (SSSR count). The molecule has 0 radical (unpaired) electrons. The quantitative estimate of drug-likeness (QED) is 0.512. The molecule has 166 valence electrons. The molecule has 32 heavy (non-hydrogen) atoms. The molecule has 4 N–H and O–H groups in total. The van der Waals surface area contributed by atoms with Crippen LogP contribution in [0.3, 0.4) is 0 Å². The van der Waals surface area contributed by atoms with Crippen LogP contribution in [0.4, 0.5) is 30.4 Å². The smallest absolute Gasteiger partial charge is 0.383 e. The van der Waals surface area contributed by atoms with E-state index in [0.29, 0.717) is 16.8 Å². The second kappa shape index (κ2) is 8.83. The van der Waals surface area contributed by atoms with Crippen LogP contribution in [0.2, 0.25) is 5.02 Å². The number of benzene rings is 2. The minimum atomic E-state index is -4.67. The molecule has 0 bridgehead atoms. The number of alkyl halides is 3. The van der Waals surface area contributed by atoms with Gasteiger partial charge in [0.25, 0.3) is 11.8 Å². The number of aryl methyl sites for hydroxylation is 1. The predicted octanol–water partition coefficient (Wildman–Crippen LogP) is 4.85. The molecular formula is C21H17ClF3N5O2. The molecular weight excluding hydrogens is 447 g/mol. The molecule has 0 aliphatic carbocycles. The maximum atomic E-state index is 13.0. The summed E-state index contributed by atoms with van der Waals surface area (Å²) in [5, 5.41) is 4.58. The molecule has 0 saturated heterocycles. The molecule has 7 nitrogen and oxygen atoms in total. The fourth-order valence-electron chi connectivity index (χ4n) is 2.80. The highest BCUT2D eigenvalue weighted by molar-refractivity contribution is 6.31. The number of carbonyl (C=O) groups is 2. The predicted molar refractivity (Wildman–Crippen MR) is 115 cm³/mol. The van der Waals surface area contributed by atoms with E-state index in [1.54, 1.807) is 19.9 Å². The summed E-state index contributed by atoms with van der Waals surface area (Å²) in [5.41, 5.74) is 6.14. The van der Waals surface area contributed by atoms with Crippen molar-refractivity contribution in [2.24, 2.45) is 0 Å². The topological polar surface area (TPSA) is 110 Å². The van der Waals surface area contributed by atoms with Crippen molar-refractivity contribution in [3.63, 3.8) is 0 Å². The Balaban J connectivity index is 1.83. The van der Waals surface area contributed by atoms with Gasteiger partial charge in [0, 0.05) is 22.5 Å². The SMILES string of the molecule is Cc1ccc(C(=O)Nc2ccc(Cl)c(C(F)(F)F)c2)cc1NC(=O)c1ncnc(N)c1C. The van der Waals surface area contributed by atoms with Crippen LogP contribution in [0, 0.1) is 13.8 Å². The third-order valence-corrected chi connectivity index (χ3v) is 4.95. The van der Waals surface area contributed by atoms with E-state index >= 15 is 0 Å². The van der Waals surface area contributed by atoms with Crippen molar-refractivity contribution in [2.45, 2.75) is 20.0 Å². The summed E-state index contributed by atoms with van der Waals surface area (Å²) in [6, 6.07) is 7.54. The zero-order valence-electron chi connectivity index (χ0n) is 16.8. The summed E-state index contributed by atoms with van der Waals surface area (Å²) in [6.07, 6.45) is -3.50. The lowest BCUT2D eigenvalue weighted by Gasteiger charge is -2.13. The van der Waals surface area contributed by atoms with Gasteiger partial charge >= 0.3 is 6.18 Å². The van der Waals surface area contributed by atoms with Gasteiger partial charge in [0.2, 0.25) is 0 Å². The van der Waals surface area contributed by atoms with Gasteiger partial charge in [-0.15, -0.1) is 0 Å². The molecule has 1 heterocycles. The molecule has 3 aromatic rings. The van der Waals surface area contributed by atoms with Crippen molar-refractivity contribution in [2.75, 3.05) is 16.4 Å². The lowest BCUT2D eigenvalue weighted by atomic mass is 10.1. The Labute approximate surface area is 185 Å². The number of carbonyl (C=O) groups excluding carboxylic acids is 2. The Morgan fingerprint density at radius 3 is 2.41 bits per heavy atom. The summed E-state index contributed by atoms with van der Waals surface area (Å²) in [6.45, 7) is 3.32. The molecule has 0 unspecified atom stereocenters. The number of rotatable bonds is 4. The molecule has 0 saturated carbocycles. The Hall–Kier alpha value is -3.66. The molecule has 2 aromatic carbocycles. The largest absolute Gasteiger partial charge is 0.417 e. The second-order valence-corrected chi connectivity index (χ2v) is 7.27. The van der Waals surface area contributed by atoms with E-state index in [2.05, 4.69) is 20.6 Å². The van der Waals surface area contributed by atoms with Crippen LogP contribution in [0.15, 0.2) is 42.7 Å². The number of amides is 2. The Kier molecular flexibility index (Phi) is 6.35. The molecule has 11 heteroatoms.